The summed E-state index contributed by atoms with van der Waals surface area (Å²) in [6.07, 6.45) is 0. The number of nitrogens with one attached hydrogen (secondary N) is 1. The molecular formula is C19H18ClN5O4S. The van der Waals surface area contributed by atoms with Gasteiger partial charge in [-0.2, -0.15) is 0 Å². The second-order valence-corrected chi connectivity index (χ2v) is 7.39. The fourth-order valence-electron chi connectivity index (χ4n) is 2.67. The van der Waals surface area contributed by atoms with E-state index in [0.29, 0.717) is 17.5 Å². The maximum absolute atomic E-state index is 12.3. The molecule has 30 heavy (non-hydrogen) atoms. The van der Waals surface area contributed by atoms with E-state index in [1.165, 1.54) is 30.0 Å². The molecule has 0 atom stereocenters. The Morgan fingerprint density at radius 3 is 2.63 bits per heavy atom. The molecule has 0 spiro atoms. The summed E-state index contributed by atoms with van der Waals surface area (Å²) in [6.45, 7) is 2.58. The molecule has 1 N–H and O–H groups in total. The molecule has 0 unspecified atom stereocenters. The van der Waals surface area contributed by atoms with Crippen molar-refractivity contribution in [3.05, 3.63) is 57.6 Å². The zero-order valence-corrected chi connectivity index (χ0v) is 17.7. The van der Waals surface area contributed by atoms with Crippen molar-refractivity contribution < 1.29 is 14.5 Å². The highest BCUT2D eigenvalue weighted by Gasteiger charge is 2.16. The van der Waals surface area contributed by atoms with Gasteiger partial charge in [0.15, 0.2) is 11.0 Å². The molecule has 0 aliphatic rings. The first-order valence-electron chi connectivity index (χ1n) is 8.87. The highest BCUT2D eigenvalue weighted by atomic mass is 35.5. The number of anilines is 1. The van der Waals surface area contributed by atoms with Crippen LogP contribution in [0.15, 0.2) is 47.6 Å². The fourth-order valence-corrected chi connectivity index (χ4v) is 3.64. The number of nitro benzene ring substituents is 1. The van der Waals surface area contributed by atoms with E-state index < -0.39 is 4.92 Å². The van der Waals surface area contributed by atoms with Crippen LogP contribution in [0.4, 0.5) is 11.4 Å². The summed E-state index contributed by atoms with van der Waals surface area (Å²) in [6, 6.07) is 11.3. The molecule has 2 aromatic carbocycles. The van der Waals surface area contributed by atoms with Gasteiger partial charge in [-0.3, -0.25) is 14.9 Å². The van der Waals surface area contributed by atoms with E-state index in [9.17, 15) is 14.9 Å². The SMILES string of the molecule is CCn1c(SCC(=O)Nc2cc([N+](=O)[O-])ccc2Cl)nnc1-c1ccc(OC)cc1. The molecule has 0 saturated carbocycles. The number of hydrogen-bond acceptors (Lipinski definition) is 7. The molecule has 156 valence electrons. The minimum atomic E-state index is -0.550. The van der Waals surface area contributed by atoms with E-state index >= 15 is 0 Å². The molecule has 3 rings (SSSR count). The molecule has 0 saturated heterocycles. The van der Waals surface area contributed by atoms with Gasteiger partial charge in [-0.15, -0.1) is 10.2 Å². The van der Waals surface area contributed by atoms with Crippen molar-refractivity contribution in [3.8, 4) is 17.1 Å². The largest absolute Gasteiger partial charge is 0.497 e. The third-order valence-corrected chi connectivity index (χ3v) is 5.44. The molecule has 11 heteroatoms. The van der Waals surface area contributed by atoms with Gasteiger partial charge in [-0.25, -0.2) is 0 Å². The summed E-state index contributed by atoms with van der Waals surface area (Å²) in [5, 5.41) is 22.7. The Morgan fingerprint density at radius 1 is 1.27 bits per heavy atom. The highest BCUT2D eigenvalue weighted by molar-refractivity contribution is 7.99. The first kappa shape index (κ1) is 21.6. The number of carbonyl (C=O) groups is 1. The van der Waals surface area contributed by atoms with Crippen molar-refractivity contribution in [1.82, 2.24) is 14.8 Å². The minimum absolute atomic E-state index is 0.0414. The lowest BCUT2D eigenvalue weighted by molar-refractivity contribution is -0.384. The van der Waals surface area contributed by atoms with E-state index in [2.05, 4.69) is 15.5 Å². The second kappa shape index (κ2) is 9.59. The van der Waals surface area contributed by atoms with Crippen LogP contribution in [0.2, 0.25) is 5.02 Å². The third kappa shape index (κ3) is 4.89. The fraction of sp³-hybridized carbons (Fsp3) is 0.211. The summed E-state index contributed by atoms with van der Waals surface area (Å²) in [5.74, 6) is 1.11. The Balaban J connectivity index is 1.70. The zero-order chi connectivity index (χ0) is 21.7. The molecule has 0 radical (unpaired) electrons. The standard InChI is InChI=1S/C19H18ClN5O4S/c1-3-24-18(12-4-7-14(29-2)8-5-12)22-23-19(24)30-11-17(26)21-16-10-13(25(27)28)6-9-15(16)20/h4-10H,3,11H2,1-2H3,(H,21,26). The number of nitro groups is 1. The topological polar surface area (TPSA) is 112 Å². The summed E-state index contributed by atoms with van der Waals surface area (Å²) in [5.41, 5.74) is 0.911. The molecule has 3 aromatic rings. The molecule has 1 aromatic heterocycles. The van der Waals surface area contributed by atoms with Gasteiger partial charge in [-0.1, -0.05) is 23.4 Å². The first-order valence-corrected chi connectivity index (χ1v) is 10.2. The number of rotatable bonds is 8. The molecule has 1 amide bonds. The van der Waals surface area contributed by atoms with Crippen LogP contribution in [0.25, 0.3) is 11.4 Å². The van der Waals surface area contributed by atoms with Gasteiger partial charge >= 0.3 is 0 Å². The number of nitrogens with zero attached hydrogens (tertiary/aromatic N) is 4. The molecule has 0 aliphatic carbocycles. The van der Waals surface area contributed by atoms with E-state index in [1.54, 1.807) is 7.11 Å². The van der Waals surface area contributed by atoms with Crippen LogP contribution in [-0.4, -0.2) is 38.5 Å². The van der Waals surface area contributed by atoms with E-state index in [4.69, 9.17) is 16.3 Å². The quantitative estimate of drug-likeness (QED) is 0.311. The summed E-state index contributed by atoms with van der Waals surface area (Å²) in [7, 11) is 1.60. The Bertz CT molecular complexity index is 1070. The Hall–Kier alpha value is -3.11. The number of benzene rings is 2. The van der Waals surface area contributed by atoms with E-state index in [-0.39, 0.29) is 28.1 Å². The molecule has 0 bridgehead atoms. The lowest BCUT2D eigenvalue weighted by atomic mass is 10.2. The maximum atomic E-state index is 12.3. The summed E-state index contributed by atoms with van der Waals surface area (Å²) >= 11 is 7.24. The highest BCUT2D eigenvalue weighted by Crippen LogP contribution is 2.28. The Labute approximate surface area is 181 Å². The maximum Gasteiger partial charge on any atom is 0.271 e. The van der Waals surface area contributed by atoms with Crippen molar-refractivity contribution in [3.63, 3.8) is 0 Å². The van der Waals surface area contributed by atoms with E-state index in [1.807, 2.05) is 35.8 Å². The lowest BCUT2D eigenvalue weighted by Crippen LogP contribution is -2.15. The molecule has 0 fully saturated rings. The van der Waals surface area contributed by atoms with Gasteiger partial charge in [0.2, 0.25) is 5.91 Å². The summed E-state index contributed by atoms with van der Waals surface area (Å²) in [4.78, 5) is 22.7. The van der Waals surface area contributed by atoms with Crippen LogP contribution in [0.1, 0.15) is 6.92 Å². The molecule has 0 aliphatic heterocycles. The van der Waals surface area contributed by atoms with Gasteiger partial charge < -0.3 is 14.6 Å². The predicted octanol–water partition coefficient (Wildman–Crippen LogP) is 4.27. The van der Waals surface area contributed by atoms with E-state index in [0.717, 1.165) is 11.3 Å². The zero-order valence-electron chi connectivity index (χ0n) is 16.2. The van der Waals surface area contributed by atoms with Crippen LogP contribution < -0.4 is 10.1 Å². The van der Waals surface area contributed by atoms with Gasteiger partial charge in [0, 0.05) is 24.2 Å². The van der Waals surface area contributed by atoms with Crippen LogP contribution in [0.5, 0.6) is 5.75 Å². The number of non-ortho nitro benzene ring substituents is 1. The Morgan fingerprint density at radius 2 is 2.00 bits per heavy atom. The number of thioether (sulfide) groups is 1. The van der Waals surface area contributed by atoms with Gasteiger partial charge in [0.1, 0.15) is 5.75 Å². The van der Waals surface area contributed by atoms with Crippen molar-refractivity contribution in [2.24, 2.45) is 0 Å². The normalized spacial score (nSPS) is 10.6. The number of amides is 1. The second-order valence-electron chi connectivity index (χ2n) is 6.04. The first-order chi connectivity index (χ1) is 14.4. The number of carbonyl (C=O) groups excluding carboxylic acids is 1. The van der Waals surface area contributed by atoms with Crippen LogP contribution in [0.3, 0.4) is 0 Å². The average molecular weight is 448 g/mol. The van der Waals surface area contributed by atoms with Gasteiger partial charge in [-0.05, 0) is 37.3 Å². The monoisotopic (exact) mass is 447 g/mol. The molecular weight excluding hydrogens is 430 g/mol. The van der Waals surface area contributed by atoms with Gasteiger partial charge in [0.25, 0.3) is 5.69 Å². The van der Waals surface area contributed by atoms with Crippen LogP contribution in [0, 0.1) is 10.1 Å². The van der Waals surface area contributed by atoms with Crippen molar-refractivity contribution in [2.45, 2.75) is 18.6 Å². The van der Waals surface area contributed by atoms with Crippen molar-refractivity contribution >= 4 is 40.6 Å². The molecule has 1 heterocycles. The number of ether oxygens (including phenoxy) is 1. The Kier molecular flexibility index (Phi) is 6.91. The van der Waals surface area contributed by atoms with Crippen molar-refractivity contribution in [2.75, 3.05) is 18.2 Å². The number of aromatic nitrogens is 3. The summed E-state index contributed by atoms with van der Waals surface area (Å²) < 4.78 is 7.07. The molecule has 9 nitrogen and oxygen atoms in total. The van der Waals surface area contributed by atoms with Gasteiger partial charge in [0.05, 0.1) is 28.5 Å². The number of hydrogen-bond donors (Lipinski definition) is 1. The third-order valence-electron chi connectivity index (χ3n) is 4.15. The average Bonchev–Trinajstić information content (AvgIpc) is 3.16. The van der Waals surface area contributed by atoms with Crippen molar-refractivity contribution in [1.29, 1.82) is 0 Å². The number of methoxy groups -OCH3 is 1. The van der Waals surface area contributed by atoms with Crippen LogP contribution in [-0.2, 0) is 11.3 Å². The van der Waals surface area contributed by atoms with Crippen LogP contribution >= 0.6 is 23.4 Å². The lowest BCUT2D eigenvalue weighted by Gasteiger charge is -2.09. The smallest absolute Gasteiger partial charge is 0.271 e. The number of halogens is 1. The minimum Gasteiger partial charge on any atom is -0.497 e. The predicted molar refractivity (Wildman–Crippen MR) is 115 cm³/mol.